The number of nitrogens with one attached hydrogen (secondary N) is 1. The minimum Gasteiger partial charge on any atom is -0.378 e. The topological polar surface area (TPSA) is 139 Å². The molecule has 0 atom stereocenters. The molecule has 1 aromatic carbocycles. The normalized spacial score (nSPS) is 14.6. The Kier molecular flexibility index (Phi) is 8.10. The summed E-state index contributed by atoms with van der Waals surface area (Å²) in [5.74, 6) is 0.693. The van der Waals surface area contributed by atoms with Crippen molar-refractivity contribution in [3.05, 3.63) is 36.0 Å². The van der Waals surface area contributed by atoms with Gasteiger partial charge in [0.1, 0.15) is 15.7 Å². The Hall–Kier alpha value is -2.77. The predicted octanol–water partition coefficient (Wildman–Crippen LogP) is 1.03. The molecule has 1 N–H and O–H groups in total. The Balaban J connectivity index is 1.79. The van der Waals surface area contributed by atoms with Gasteiger partial charge in [0.05, 0.1) is 30.4 Å². The lowest BCUT2D eigenvalue weighted by Gasteiger charge is -2.28. The average Bonchev–Trinajstić information content (AvgIpc) is 2.76. The summed E-state index contributed by atoms with van der Waals surface area (Å²) in [4.78, 5) is 24.7. The van der Waals surface area contributed by atoms with Crippen LogP contribution in [-0.2, 0) is 30.2 Å². The van der Waals surface area contributed by atoms with E-state index in [2.05, 4.69) is 15.3 Å². The molecule has 2 amide bonds. The minimum absolute atomic E-state index is 0.0774. The Bertz CT molecular complexity index is 1230. The second-order valence-corrected chi connectivity index (χ2v) is 12.7. The summed E-state index contributed by atoms with van der Waals surface area (Å²) in [6.07, 6.45) is 2.28. The first-order valence-corrected chi connectivity index (χ1v) is 14.7. The van der Waals surface area contributed by atoms with Crippen molar-refractivity contribution in [3.8, 4) is 11.4 Å². The number of ether oxygens (including phenoxy) is 1. The first-order valence-electron chi connectivity index (χ1n) is 10.6. The van der Waals surface area contributed by atoms with Crippen LogP contribution >= 0.6 is 0 Å². The van der Waals surface area contributed by atoms with Crippen LogP contribution < -0.4 is 10.2 Å². The molecule has 0 aliphatic carbocycles. The van der Waals surface area contributed by atoms with E-state index in [1.54, 1.807) is 30.3 Å². The molecule has 1 aromatic heterocycles. The number of sulfone groups is 2. The molecule has 11 nitrogen and oxygen atoms in total. The standard InChI is InChI=1S/C21H29N5O6S2/c1-25(10-13-33(2,28)29)21(27)23-17-6-4-16(5-7-17)20-22-18(15-34(3,30)31)14-19(24-20)26-8-11-32-12-9-26/h4-7,14H,8-13,15H2,1-3H3,(H,23,27). The van der Waals surface area contributed by atoms with Crippen LogP contribution in [0, 0.1) is 0 Å². The zero-order chi connectivity index (χ0) is 24.9. The Labute approximate surface area is 200 Å². The monoisotopic (exact) mass is 511 g/mol. The van der Waals surface area contributed by atoms with Gasteiger partial charge in [-0.15, -0.1) is 0 Å². The fourth-order valence-corrected chi connectivity index (χ4v) is 4.53. The quantitative estimate of drug-likeness (QED) is 0.550. The smallest absolute Gasteiger partial charge is 0.321 e. The van der Waals surface area contributed by atoms with Crippen molar-refractivity contribution >= 4 is 37.2 Å². The SMILES string of the molecule is CN(CCS(C)(=O)=O)C(=O)Nc1ccc(-c2nc(CS(C)(=O)=O)cc(N3CCOCC3)n2)cc1. The highest BCUT2D eigenvalue weighted by atomic mass is 32.2. The molecule has 1 saturated heterocycles. The number of anilines is 2. The molecule has 13 heteroatoms. The molecule has 186 valence electrons. The van der Waals surface area contributed by atoms with E-state index in [1.165, 1.54) is 11.9 Å². The molecule has 0 radical (unpaired) electrons. The molecule has 1 aliphatic heterocycles. The van der Waals surface area contributed by atoms with Crippen molar-refractivity contribution in [1.82, 2.24) is 14.9 Å². The van der Waals surface area contributed by atoms with Gasteiger partial charge in [-0.2, -0.15) is 0 Å². The second kappa shape index (κ2) is 10.7. The molecule has 1 fully saturated rings. The van der Waals surface area contributed by atoms with Crippen LogP contribution in [0.15, 0.2) is 30.3 Å². The van der Waals surface area contributed by atoms with Crippen LogP contribution in [0.1, 0.15) is 5.69 Å². The predicted molar refractivity (Wildman–Crippen MR) is 130 cm³/mol. The highest BCUT2D eigenvalue weighted by Crippen LogP contribution is 2.23. The largest absolute Gasteiger partial charge is 0.378 e. The van der Waals surface area contributed by atoms with E-state index >= 15 is 0 Å². The summed E-state index contributed by atoms with van der Waals surface area (Å²) in [6, 6.07) is 8.08. The molecular weight excluding hydrogens is 482 g/mol. The van der Waals surface area contributed by atoms with Gasteiger partial charge in [0.15, 0.2) is 15.7 Å². The summed E-state index contributed by atoms with van der Waals surface area (Å²) in [7, 11) is -4.94. The van der Waals surface area contributed by atoms with Crippen LogP contribution in [0.4, 0.5) is 16.3 Å². The van der Waals surface area contributed by atoms with Crippen LogP contribution in [0.25, 0.3) is 11.4 Å². The van der Waals surface area contributed by atoms with E-state index in [0.717, 1.165) is 12.5 Å². The average molecular weight is 512 g/mol. The number of nitrogens with zero attached hydrogens (tertiary/aromatic N) is 4. The van der Waals surface area contributed by atoms with Crippen molar-refractivity contribution < 1.29 is 26.4 Å². The number of rotatable bonds is 8. The maximum Gasteiger partial charge on any atom is 0.321 e. The van der Waals surface area contributed by atoms with Crippen LogP contribution in [0.2, 0.25) is 0 Å². The number of aromatic nitrogens is 2. The summed E-state index contributed by atoms with van der Waals surface area (Å²) >= 11 is 0. The van der Waals surface area contributed by atoms with Gasteiger partial charge >= 0.3 is 6.03 Å². The molecule has 0 unspecified atom stereocenters. The molecule has 2 heterocycles. The zero-order valence-electron chi connectivity index (χ0n) is 19.4. The van der Waals surface area contributed by atoms with E-state index in [0.29, 0.717) is 54.9 Å². The van der Waals surface area contributed by atoms with Gasteiger partial charge in [0, 0.05) is 56.5 Å². The molecule has 0 bridgehead atoms. The summed E-state index contributed by atoms with van der Waals surface area (Å²) in [5, 5.41) is 2.71. The Morgan fingerprint density at radius 1 is 1.06 bits per heavy atom. The van der Waals surface area contributed by atoms with E-state index in [9.17, 15) is 21.6 Å². The molecule has 3 rings (SSSR count). The lowest BCUT2D eigenvalue weighted by atomic mass is 10.2. The Morgan fingerprint density at radius 3 is 2.29 bits per heavy atom. The van der Waals surface area contributed by atoms with Gasteiger partial charge in [-0.1, -0.05) is 0 Å². The van der Waals surface area contributed by atoms with Gasteiger partial charge in [-0.3, -0.25) is 0 Å². The highest BCUT2D eigenvalue weighted by molar-refractivity contribution is 7.90. The highest BCUT2D eigenvalue weighted by Gasteiger charge is 2.18. The van der Waals surface area contributed by atoms with Crippen molar-refractivity contribution in [2.75, 3.05) is 68.4 Å². The lowest BCUT2D eigenvalue weighted by Crippen LogP contribution is -2.37. The van der Waals surface area contributed by atoms with Crippen molar-refractivity contribution in [3.63, 3.8) is 0 Å². The zero-order valence-corrected chi connectivity index (χ0v) is 21.0. The van der Waals surface area contributed by atoms with E-state index in [4.69, 9.17) is 4.74 Å². The Morgan fingerprint density at radius 2 is 1.71 bits per heavy atom. The van der Waals surface area contributed by atoms with Crippen molar-refractivity contribution in [1.29, 1.82) is 0 Å². The van der Waals surface area contributed by atoms with Gasteiger partial charge in [-0.25, -0.2) is 31.6 Å². The van der Waals surface area contributed by atoms with Gasteiger partial charge in [-0.05, 0) is 24.3 Å². The fourth-order valence-electron chi connectivity index (χ4n) is 3.24. The number of amides is 2. The third kappa shape index (κ3) is 7.92. The van der Waals surface area contributed by atoms with E-state index in [-0.39, 0.29) is 18.1 Å². The number of carbonyl (C=O) groups is 1. The van der Waals surface area contributed by atoms with Crippen LogP contribution in [0.3, 0.4) is 0 Å². The van der Waals surface area contributed by atoms with Crippen molar-refractivity contribution in [2.24, 2.45) is 0 Å². The number of morpholine rings is 1. The van der Waals surface area contributed by atoms with E-state index in [1.807, 2.05) is 4.90 Å². The molecule has 2 aromatic rings. The third-order valence-corrected chi connectivity index (χ3v) is 6.79. The van der Waals surface area contributed by atoms with Gasteiger partial charge in [0.25, 0.3) is 0 Å². The third-order valence-electron chi connectivity index (χ3n) is 5.05. The van der Waals surface area contributed by atoms with Crippen molar-refractivity contribution in [2.45, 2.75) is 5.75 Å². The number of hydrogen-bond acceptors (Lipinski definition) is 9. The number of hydrogen-bond donors (Lipinski definition) is 1. The molecular formula is C21H29N5O6S2. The molecule has 0 spiro atoms. The fraction of sp³-hybridized carbons (Fsp3) is 0.476. The number of urea groups is 1. The molecule has 34 heavy (non-hydrogen) atoms. The lowest BCUT2D eigenvalue weighted by molar-refractivity contribution is 0.122. The van der Waals surface area contributed by atoms with Gasteiger partial charge < -0.3 is 19.9 Å². The number of carbonyl (C=O) groups excluding carboxylic acids is 1. The molecule has 0 saturated carbocycles. The maximum absolute atomic E-state index is 12.3. The summed E-state index contributed by atoms with van der Waals surface area (Å²) in [6.45, 7) is 2.49. The molecule has 1 aliphatic rings. The van der Waals surface area contributed by atoms with Crippen LogP contribution in [0.5, 0.6) is 0 Å². The number of benzene rings is 1. The maximum atomic E-state index is 12.3. The minimum atomic E-state index is -3.29. The van der Waals surface area contributed by atoms with Gasteiger partial charge in [0.2, 0.25) is 0 Å². The summed E-state index contributed by atoms with van der Waals surface area (Å²) in [5.41, 5.74) is 1.58. The van der Waals surface area contributed by atoms with Crippen LogP contribution in [-0.4, -0.2) is 95.9 Å². The summed E-state index contributed by atoms with van der Waals surface area (Å²) < 4.78 is 51.7. The first-order chi connectivity index (χ1) is 15.9. The van der Waals surface area contributed by atoms with E-state index < -0.39 is 25.7 Å². The first kappa shape index (κ1) is 25.8. The second-order valence-electron chi connectivity index (χ2n) is 8.27.